The van der Waals surface area contributed by atoms with Gasteiger partial charge >= 0.3 is 0 Å². The van der Waals surface area contributed by atoms with Gasteiger partial charge in [0.1, 0.15) is 17.8 Å². The third-order valence-corrected chi connectivity index (χ3v) is 5.63. The van der Waals surface area contributed by atoms with Gasteiger partial charge in [-0.2, -0.15) is 5.10 Å². The molecule has 4 rings (SSSR count). The molecule has 7 nitrogen and oxygen atoms in total. The Balaban J connectivity index is 1.34. The quantitative estimate of drug-likeness (QED) is 0.587. The number of carbonyl (C=O) groups excluding carboxylic acids is 1. The van der Waals surface area contributed by atoms with E-state index in [-0.39, 0.29) is 12.0 Å². The Labute approximate surface area is 187 Å². The monoisotopic (exact) mass is 439 g/mol. The average Bonchev–Trinajstić information content (AvgIpc) is 3.09. The Morgan fingerprint density at radius 2 is 2.10 bits per heavy atom. The second-order valence-corrected chi connectivity index (χ2v) is 8.21. The summed E-state index contributed by atoms with van der Waals surface area (Å²) >= 11 is 6.07. The van der Waals surface area contributed by atoms with Gasteiger partial charge in [0.25, 0.3) is 0 Å². The van der Waals surface area contributed by atoms with Crippen molar-refractivity contribution in [3.63, 3.8) is 0 Å². The Morgan fingerprint density at radius 1 is 1.23 bits per heavy atom. The molecule has 0 aliphatic carbocycles. The lowest BCUT2D eigenvalue weighted by Gasteiger charge is -2.32. The van der Waals surface area contributed by atoms with Crippen molar-refractivity contribution in [2.75, 3.05) is 19.7 Å². The molecule has 3 aromatic rings. The molecule has 1 aliphatic rings. The largest absolute Gasteiger partial charge is 0.368 e. The molecule has 162 valence electrons. The van der Waals surface area contributed by atoms with Gasteiger partial charge in [-0.3, -0.25) is 9.78 Å². The van der Waals surface area contributed by atoms with Crippen LogP contribution in [0.3, 0.4) is 0 Å². The average molecular weight is 440 g/mol. The van der Waals surface area contributed by atoms with E-state index in [0.717, 1.165) is 39.9 Å². The maximum atomic E-state index is 12.7. The fourth-order valence-corrected chi connectivity index (χ4v) is 4.01. The first-order chi connectivity index (χ1) is 15.0. The third-order valence-electron chi connectivity index (χ3n) is 5.39. The molecule has 0 bridgehead atoms. The summed E-state index contributed by atoms with van der Waals surface area (Å²) < 4.78 is 7.69. The first-order valence-electron chi connectivity index (χ1n) is 10.4. The van der Waals surface area contributed by atoms with Gasteiger partial charge in [0.15, 0.2) is 0 Å². The molecule has 1 amide bonds. The SMILES string of the molecule is Cc1nc(C)n(CCC(=O)N2CCO[C@@H](c3ccc(Cc4cccc(Cl)c4)cn3)C2)n1. The van der Waals surface area contributed by atoms with Crippen LogP contribution in [-0.2, 0) is 22.5 Å². The summed E-state index contributed by atoms with van der Waals surface area (Å²) in [7, 11) is 0. The van der Waals surface area contributed by atoms with Crippen LogP contribution in [0.4, 0.5) is 0 Å². The highest BCUT2D eigenvalue weighted by atomic mass is 35.5. The van der Waals surface area contributed by atoms with E-state index in [0.29, 0.717) is 32.7 Å². The summed E-state index contributed by atoms with van der Waals surface area (Å²) in [4.78, 5) is 23.5. The molecule has 0 radical (unpaired) electrons. The van der Waals surface area contributed by atoms with Crippen LogP contribution in [-0.4, -0.2) is 50.3 Å². The van der Waals surface area contributed by atoms with E-state index in [1.807, 2.05) is 49.2 Å². The van der Waals surface area contributed by atoms with Crippen LogP contribution in [0.2, 0.25) is 5.02 Å². The van der Waals surface area contributed by atoms with Gasteiger partial charge < -0.3 is 9.64 Å². The van der Waals surface area contributed by atoms with Gasteiger partial charge in [-0.05, 0) is 49.6 Å². The molecule has 1 fully saturated rings. The highest BCUT2D eigenvalue weighted by molar-refractivity contribution is 6.30. The fraction of sp³-hybridized carbons (Fsp3) is 0.391. The van der Waals surface area contributed by atoms with Crippen LogP contribution >= 0.6 is 11.6 Å². The van der Waals surface area contributed by atoms with E-state index >= 15 is 0 Å². The highest BCUT2D eigenvalue weighted by Crippen LogP contribution is 2.22. The number of halogens is 1. The normalized spacial score (nSPS) is 16.5. The smallest absolute Gasteiger partial charge is 0.224 e. The minimum Gasteiger partial charge on any atom is -0.368 e. The van der Waals surface area contributed by atoms with E-state index < -0.39 is 0 Å². The maximum Gasteiger partial charge on any atom is 0.224 e. The molecule has 0 unspecified atom stereocenters. The summed E-state index contributed by atoms with van der Waals surface area (Å²) in [6.45, 7) is 5.89. The topological polar surface area (TPSA) is 73.1 Å². The molecule has 0 spiro atoms. The number of aryl methyl sites for hydroxylation is 3. The van der Waals surface area contributed by atoms with Crippen molar-refractivity contribution in [2.45, 2.75) is 39.3 Å². The van der Waals surface area contributed by atoms with Gasteiger partial charge in [-0.1, -0.05) is 29.8 Å². The number of benzene rings is 1. The number of rotatable bonds is 6. The first kappa shape index (κ1) is 21.5. The molecule has 31 heavy (non-hydrogen) atoms. The van der Waals surface area contributed by atoms with Crippen LogP contribution in [0.1, 0.15) is 41.0 Å². The Bertz CT molecular complexity index is 1050. The summed E-state index contributed by atoms with van der Waals surface area (Å²) in [5.41, 5.74) is 3.09. The van der Waals surface area contributed by atoms with E-state index in [2.05, 4.69) is 27.2 Å². The minimum atomic E-state index is -0.215. The van der Waals surface area contributed by atoms with Crippen LogP contribution < -0.4 is 0 Å². The van der Waals surface area contributed by atoms with Crippen LogP contribution in [0.15, 0.2) is 42.6 Å². The third kappa shape index (κ3) is 5.48. The lowest BCUT2D eigenvalue weighted by molar-refractivity contribution is -0.139. The summed E-state index contributed by atoms with van der Waals surface area (Å²) in [6.07, 6.45) is 2.82. The van der Waals surface area contributed by atoms with E-state index in [9.17, 15) is 4.79 Å². The van der Waals surface area contributed by atoms with Crippen molar-refractivity contribution in [3.05, 3.63) is 76.1 Å². The van der Waals surface area contributed by atoms with Gasteiger partial charge in [0.2, 0.25) is 5.91 Å². The maximum absolute atomic E-state index is 12.7. The summed E-state index contributed by atoms with van der Waals surface area (Å²) in [6, 6.07) is 11.9. The van der Waals surface area contributed by atoms with E-state index in [1.54, 1.807) is 4.68 Å². The molecule has 0 N–H and O–H groups in total. The van der Waals surface area contributed by atoms with Crippen LogP contribution in [0.5, 0.6) is 0 Å². The number of aromatic nitrogens is 4. The van der Waals surface area contributed by atoms with Crippen molar-refractivity contribution in [1.29, 1.82) is 0 Å². The molecule has 0 saturated carbocycles. The summed E-state index contributed by atoms with van der Waals surface area (Å²) in [5.74, 6) is 1.65. The molecule has 2 aromatic heterocycles. The van der Waals surface area contributed by atoms with E-state index in [4.69, 9.17) is 16.3 Å². The number of pyridine rings is 1. The molecule has 1 aliphatic heterocycles. The van der Waals surface area contributed by atoms with Crippen LogP contribution in [0, 0.1) is 13.8 Å². The van der Waals surface area contributed by atoms with Crippen molar-refractivity contribution in [2.24, 2.45) is 0 Å². The second-order valence-electron chi connectivity index (χ2n) is 7.78. The second kappa shape index (κ2) is 9.58. The number of carbonyl (C=O) groups is 1. The number of hydrogen-bond acceptors (Lipinski definition) is 5. The van der Waals surface area contributed by atoms with Crippen molar-refractivity contribution < 1.29 is 9.53 Å². The molecular formula is C23H26ClN5O2. The zero-order valence-corrected chi connectivity index (χ0v) is 18.5. The predicted octanol–water partition coefficient (Wildman–Crippen LogP) is 3.52. The van der Waals surface area contributed by atoms with Crippen molar-refractivity contribution in [3.8, 4) is 0 Å². The van der Waals surface area contributed by atoms with Crippen molar-refractivity contribution in [1.82, 2.24) is 24.6 Å². The zero-order valence-electron chi connectivity index (χ0n) is 17.8. The molecule has 1 aromatic carbocycles. The minimum absolute atomic E-state index is 0.0958. The Morgan fingerprint density at radius 3 is 2.81 bits per heavy atom. The van der Waals surface area contributed by atoms with Gasteiger partial charge in [-0.25, -0.2) is 9.67 Å². The number of amides is 1. The molecule has 3 heterocycles. The lowest BCUT2D eigenvalue weighted by atomic mass is 10.1. The van der Waals surface area contributed by atoms with Gasteiger partial charge in [-0.15, -0.1) is 0 Å². The molecular weight excluding hydrogens is 414 g/mol. The standard InChI is InChI=1S/C23H26ClN5O2/c1-16-26-17(2)29(27-16)9-8-23(30)28-10-11-31-22(15-28)21-7-6-19(14-25-21)12-18-4-3-5-20(24)13-18/h3-7,13-14,22H,8-12,15H2,1-2H3/t22-/m1/s1. The molecule has 8 heteroatoms. The molecule has 1 saturated heterocycles. The van der Waals surface area contributed by atoms with Gasteiger partial charge in [0, 0.05) is 24.2 Å². The Hall–Kier alpha value is -2.77. The predicted molar refractivity (Wildman–Crippen MR) is 118 cm³/mol. The van der Waals surface area contributed by atoms with E-state index in [1.165, 1.54) is 0 Å². The van der Waals surface area contributed by atoms with Crippen molar-refractivity contribution >= 4 is 17.5 Å². The summed E-state index contributed by atoms with van der Waals surface area (Å²) in [5, 5.41) is 5.06. The zero-order chi connectivity index (χ0) is 21.8. The number of ether oxygens (including phenoxy) is 1. The molecule has 1 atom stereocenters. The number of nitrogens with zero attached hydrogens (tertiary/aromatic N) is 5. The lowest BCUT2D eigenvalue weighted by Crippen LogP contribution is -2.42. The first-order valence-corrected chi connectivity index (χ1v) is 10.8. The number of morpholine rings is 1. The number of hydrogen-bond donors (Lipinski definition) is 0. The van der Waals surface area contributed by atoms with Crippen LogP contribution in [0.25, 0.3) is 0 Å². The highest BCUT2D eigenvalue weighted by Gasteiger charge is 2.26. The Kier molecular flexibility index (Phi) is 6.63. The fourth-order valence-electron chi connectivity index (χ4n) is 3.80. The van der Waals surface area contributed by atoms with Gasteiger partial charge in [0.05, 0.1) is 25.4 Å².